The second-order valence-electron chi connectivity index (χ2n) is 7.85. The van der Waals surface area contributed by atoms with Crippen molar-refractivity contribution in [3.05, 3.63) is 90.0 Å². The van der Waals surface area contributed by atoms with Crippen molar-refractivity contribution in [1.29, 1.82) is 0 Å². The summed E-state index contributed by atoms with van der Waals surface area (Å²) in [6.45, 7) is 2.26. The van der Waals surface area contributed by atoms with Gasteiger partial charge in [0.15, 0.2) is 0 Å². The highest BCUT2D eigenvalue weighted by Gasteiger charge is 2.08. The molecule has 0 atom stereocenters. The van der Waals surface area contributed by atoms with Crippen LogP contribution in [0.2, 0.25) is 0 Å². The molecule has 0 saturated carbocycles. The molecule has 0 fully saturated rings. The smallest absolute Gasteiger partial charge is 0.343 e. The fraction of sp³-hybridized carbons (Fsp3) is 0.321. The first-order valence-corrected chi connectivity index (χ1v) is 11.2. The lowest BCUT2D eigenvalue weighted by atomic mass is 10.0. The Morgan fingerprint density at radius 1 is 0.667 bits per heavy atom. The van der Waals surface area contributed by atoms with Gasteiger partial charge < -0.3 is 4.74 Å². The molecule has 0 amide bonds. The molecule has 0 N–H and O–H groups in total. The van der Waals surface area contributed by atoms with Crippen molar-refractivity contribution in [3.63, 3.8) is 0 Å². The quantitative estimate of drug-likeness (QED) is 0.186. The molecular weight excluding hydrogens is 368 g/mol. The maximum atomic E-state index is 12.2. The van der Waals surface area contributed by atoms with Crippen LogP contribution in [-0.4, -0.2) is 5.97 Å². The van der Waals surface area contributed by atoms with Crippen LogP contribution in [0, 0.1) is 0 Å². The van der Waals surface area contributed by atoms with Gasteiger partial charge in [-0.2, -0.15) is 0 Å². The van der Waals surface area contributed by atoms with Gasteiger partial charge in [0.2, 0.25) is 0 Å². The minimum atomic E-state index is -0.335. The predicted octanol–water partition coefficient (Wildman–Crippen LogP) is 7.87. The summed E-state index contributed by atoms with van der Waals surface area (Å²) >= 11 is 0. The largest absolute Gasteiger partial charge is 0.423 e. The van der Waals surface area contributed by atoms with Crippen LogP contribution in [0.5, 0.6) is 5.75 Å². The van der Waals surface area contributed by atoms with E-state index in [0.717, 1.165) is 12.0 Å². The number of esters is 1. The Labute approximate surface area is 180 Å². The average molecular weight is 401 g/mol. The molecule has 0 aliphatic rings. The van der Waals surface area contributed by atoms with Crippen molar-refractivity contribution in [3.8, 4) is 16.9 Å². The number of ether oxygens (including phenoxy) is 1. The Hall–Kier alpha value is -2.87. The third kappa shape index (κ3) is 6.88. The number of rotatable bonds is 11. The first-order valence-electron chi connectivity index (χ1n) is 11.2. The highest BCUT2D eigenvalue weighted by atomic mass is 16.5. The molecule has 0 spiro atoms. The molecule has 2 nitrogen and oxygen atoms in total. The van der Waals surface area contributed by atoms with Crippen LogP contribution in [0.3, 0.4) is 0 Å². The third-order valence-electron chi connectivity index (χ3n) is 5.43. The first kappa shape index (κ1) is 21.8. The summed E-state index contributed by atoms with van der Waals surface area (Å²) in [5, 5.41) is 0. The van der Waals surface area contributed by atoms with Gasteiger partial charge in [-0.25, -0.2) is 4.79 Å². The molecule has 0 aromatic heterocycles. The zero-order valence-corrected chi connectivity index (χ0v) is 18.0. The summed E-state index contributed by atoms with van der Waals surface area (Å²) in [7, 11) is 0. The van der Waals surface area contributed by atoms with E-state index in [0.29, 0.717) is 11.3 Å². The maximum Gasteiger partial charge on any atom is 0.343 e. The van der Waals surface area contributed by atoms with E-state index in [2.05, 4.69) is 31.2 Å². The molecular formula is C28H32O2. The molecule has 156 valence electrons. The molecule has 2 heteroatoms. The lowest BCUT2D eigenvalue weighted by Gasteiger charge is -2.07. The van der Waals surface area contributed by atoms with Crippen molar-refractivity contribution in [2.24, 2.45) is 0 Å². The van der Waals surface area contributed by atoms with Crippen LogP contribution in [0.25, 0.3) is 11.1 Å². The van der Waals surface area contributed by atoms with Gasteiger partial charge in [0.25, 0.3) is 0 Å². The van der Waals surface area contributed by atoms with Gasteiger partial charge in [-0.1, -0.05) is 100 Å². The Morgan fingerprint density at radius 2 is 1.23 bits per heavy atom. The van der Waals surface area contributed by atoms with E-state index >= 15 is 0 Å². The molecule has 30 heavy (non-hydrogen) atoms. The molecule has 3 aromatic carbocycles. The van der Waals surface area contributed by atoms with Crippen LogP contribution in [0.15, 0.2) is 78.9 Å². The van der Waals surface area contributed by atoms with Gasteiger partial charge in [-0.05, 0) is 53.8 Å². The zero-order chi connectivity index (χ0) is 21.0. The Kier molecular flexibility index (Phi) is 8.71. The standard InChI is InChI=1S/C28H32O2/c1-2-3-4-5-6-7-9-12-23-15-17-24(18-16-23)25-19-21-27(22-20-25)30-28(29)26-13-10-8-11-14-26/h8,10-11,13-22H,2-7,9,12H2,1H3. The van der Waals surface area contributed by atoms with E-state index in [-0.39, 0.29) is 5.97 Å². The monoisotopic (exact) mass is 400 g/mol. The number of benzene rings is 3. The van der Waals surface area contributed by atoms with Crippen molar-refractivity contribution < 1.29 is 9.53 Å². The summed E-state index contributed by atoms with van der Waals surface area (Å²) in [6, 6.07) is 25.6. The summed E-state index contributed by atoms with van der Waals surface area (Å²) < 4.78 is 5.46. The SMILES string of the molecule is CCCCCCCCCc1ccc(-c2ccc(OC(=O)c3ccccc3)cc2)cc1. The molecule has 0 aliphatic heterocycles. The van der Waals surface area contributed by atoms with Crippen LogP contribution in [-0.2, 0) is 6.42 Å². The molecule has 0 bridgehead atoms. The summed E-state index contributed by atoms with van der Waals surface area (Å²) in [5.74, 6) is 0.223. The Balaban J connectivity index is 1.47. The first-order chi connectivity index (χ1) is 14.8. The van der Waals surface area contributed by atoms with Crippen LogP contribution >= 0.6 is 0 Å². The van der Waals surface area contributed by atoms with Gasteiger partial charge in [-0.3, -0.25) is 0 Å². The number of hydrogen-bond acceptors (Lipinski definition) is 2. The molecule has 0 aliphatic carbocycles. The second-order valence-corrected chi connectivity index (χ2v) is 7.85. The lowest BCUT2D eigenvalue weighted by Crippen LogP contribution is -2.07. The fourth-order valence-electron chi connectivity index (χ4n) is 3.61. The van der Waals surface area contributed by atoms with Gasteiger partial charge in [0.1, 0.15) is 5.75 Å². The highest BCUT2D eigenvalue weighted by molar-refractivity contribution is 5.91. The third-order valence-corrected chi connectivity index (χ3v) is 5.43. The Morgan fingerprint density at radius 3 is 1.87 bits per heavy atom. The van der Waals surface area contributed by atoms with Gasteiger partial charge in [0.05, 0.1) is 5.56 Å². The summed E-state index contributed by atoms with van der Waals surface area (Å²) in [5.41, 5.74) is 4.26. The number of carbonyl (C=O) groups excluding carboxylic acids is 1. The van der Waals surface area contributed by atoms with Crippen LogP contribution in [0.4, 0.5) is 0 Å². The van der Waals surface area contributed by atoms with E-state index in [1.54, 1.807) is 12.1 Å². The zero-order valence-electron chi connectivity index (χ0n) is 18.0. The van der Waals surface area contributed by atoms with Crippen molar-refractivity contribution in [1.82, 2.24) is 0 Å². The van der Waals surface area contributed by atoms with Gasteiger partial charge in [-0.15, -0.1) is 0 Å². The minimum Gasteiger partial charge on any atom is -0.423 e. The molecule has 3 aromatic rings. The van der Waals surface area contributed by atoms with E-state index in [4.69, 9.17) is 4.74 Å². The number of hydrogen-bond donors (Lipinski definition) is 0. The van der Waals surface area contributed by atoms with Crippen molar-refractivity contribution in [2.75, 3.05) is 0 Å². The van der Waals surface area contributed by atoms with E-state index in [9.17, 15) is 4.79 Å². The normalized spacial score (nSPS) is 10.7. The van der Waals surface area contributed by atoms with Gasteiger partial charge >= 0.3 is 5.97 Å². The predicted molar refractivity (Wildman–Crippen MR) is 125 cm³/mol. The van der Waals surface area contributed by atoms with Crippen molar-refractivity contribution in [2.45, 2.75) is 58.3 Å². The Bertz CT molecular complexity index is 880. The lowest BCUT2D eigenvalue weighted by molar-refractivity contribution is 0.0735. The average Bonchev–Trinajstić information content (AvgIpc) is 2.80. The van der Waals surface area contributed by atoms with E-state index in [1.807, 2.05) is 42.5 Å². The fourth-order valence-corrected chi connectivity index (χ4v) is 3.61. The molecule has 3 rings (SSSR count). The second kappa shape index (κ2) is 12.0. The number of unbranched alkanes of at least 4 members (excludes halogenated alkanes) is 6. The number of aryl methyl sites for hydroxylation is 1. The molecule has 0 heterocycles. The maximum absolute atomic E-state index is 12.2. The summed E-state index contributed by atoms with van der Waals surface area (Å²) in [4.78, 5) is 12.2. The van der Waals surface area contributed by atoms with E-state index in [1.165, 1.54) is 56.1 Å². The van der Waals surface area contributed by atoms with Gasteiger partial charge in [0, 0.05) is 0 Å². The van der Waals surface area contributed by atoms with Crippen LogP contribution < -0.4 is 4.74 Å². The van der Waals surface area contributed by atoms with E-state index < -0.39 is 0 Å². The number of carbonyl (C=O) groups is 1. The summed E-state index contributed by atoms with van der Waals surface area (Å²) in [6.07, 6.45) is 10.6. The van der Waals surface area contributed by atoms with Crippen LogP contribution in [0.1, 0.15) is 67.8 Å². The highest BCUT2D eigenvalue weighted by Crippen LogP contribution is 2.24. The topological polar surface area (TPSA) is 26.3 Å². The molecule has 0 radical (unpaired) electrons. The molecule has 0 saturated heterocycles. The minimum absolute atomic E-state index is 0.335. The molecule has 0 unspecified atom stereocenters. The van der Waals surface area contributed by atoms with Crippen molar-refractivity contribution >= 4 is 5.97 Å².